The summed E-state index contributed by atoms with van der Waals surface area (Å²) in [6.07, 6.45) is 2.95. The first kappa shape index (κ1) is 17.6. The molecule has 122 valence electrons. The van der Waals surface area contributed by atoms with Gasteiger partial charge in [0.2, 0.25) is 11.8 Å². The van der Waals surface area contributed by atoms with E-state index in [2.05, 4.69) is 20.6 Å². The van der Waals surface area contributed by atoms with Crippen LogP contribution < -0.4 is 16.4 Å². The SMILES string of the molecule is CC(NC(=O)C(Cc1cnc[nH]1)NC(=O)C(N)CO)C(=O)O. The van der Waals surface area contributed by atoms with E-state index in [4.69, 9.17) is 15.9 Å². The number of rotatable bonds is 8. The molecule has 0 spiro atoms. The normalized spacial score (nSPS) is 14.7. The maximum Gasteiger partial charge on any atom is 0.325 e. The molecule has 2 amide bonds. The zero-order valence-corrected chi connectivity index (χ0v) is 11.9. The minimum Gasteiger partial charge on any atom is -0.480 e. The Balaban J connectivity index is 2.78. The molecule has 0 fully saturated rings. The highest BCUT2D eigenvalue weighted by atomic mass is 16.4. The lowest BCUT2D eigenvalue weighted by molar-refractivity contribution is -0.141. The molecule has 0 aromatic carbocycles. The van der Waals surface area contributed by atoms with Gasteiger partial charge in [0.15, 0.2) is 0 Å². The molecule has 1 heterocycles. The zero-order valence-electron chi connectivity index (χ0n) is 11.9. The van der Waals surface area contributed by atoms with E-state index >= 15 is 0 Å². The van der Waals surface area contributed by atoms with E-state index in [9.17, 15) is 14.4 Å². The quantitative estimate of drug-likeness (QED) is 0.304. The molecule has 0 saturated carbocycles. The Bertz CT molecular complexity index is 518. The summed E-state index contributed by atoms with van der Waals surface area (Å²) in [5.41, 5.74) is 5.95. The molecule has 22 heavy (non-hydrogen) atoms. The number of imidazole rings is 1. The summed E-state index contributed by atoms with van der Waals surface area (Å²) in [6.45, 7) is 0.727. The molecular formula is C12H19N5O5. The van der Waals surface area contributed by atoms with Gasteiger partial charge in [0.25, 0.3) is 0 Å². The average Bonchev–Trinajstić information content (AvgIpc) is 2.98. The number of carboxylic acid groups (broad SMARTS) is 1. The van der Waals surface area contributed by atoms with Crippen LogP contribution in [0.2, 0.25) is 0 Å². The first-order valence-corrected chi connectivity index (χ1v) is 6.52. The molecule has 0 bridgehead atoms. The molecule has 1 aromatic rings. The van der Waals surface area contributed by atoms with E-state index in [-0.39, 0.29) is 6.42 Å². The number of hydrogen-bond donors (Lipinski definition) is 6. The second-order valence-corrected chi connectivity index (χ2v) is 4.70. The number of H-pyrrole nitrogens is 1. The third-order valence-corrected chi connectivity index (χ3v) is 2.87. The average molecular weight is 313 g/mol. The molecule has 1 aromatic heterocycles. The van der Waals surface area contributed by atoms with Crippen LogP contribution in [0.1, 0.15) is 12.6 Å². The maximum atomic E-state index is 12.1. The van der Waals surface area contributed by atoms with Crippen molar-refractivity contribution in [3.63, 3.8) is 0 Å². The van der Waals surface area contributed by atoms with Gasteiger partial charge in [-0.2, -0.15) is 0 Å². The van der Waals surface area contributed by atoms with Crippen molar-refractivity contribution in [1.29, 1.82) is 0 Å². The van der Waals surface area contributed by atoms with E-state index in [0.717, 1.165) is 0 Å². The topological polar surface area (TPSA) is 170 Å². The van der Waals surface area contributed by atoms with Gasteiger partial charge >= 0.3 is 5.97 Å². The van der Waals surface area contributed by atoms with Crippen LogP contribution in [0.4, 0.5) is 0 Å². The smallest absolute Gasteiger partial charge is 0.325 e. The summed E-state index contributed by atoms with van der Waals surface area (Å²) in [4.78, 5) is 41.2. The van der Waals surface area contributed by atoms with Crippen molar-refractivity contribution in [3.8, 4) is 0 Å². The minimum absolute atomic E-state index is 0.0715. The summed E-state index contributed by atoms with van der Waals surface area (Å²) in [5.74, 6) is -2.60. The van der Waals surface area contributed by atoms with Gasteiger partial charge in [0.1, 0.15) is 18.1 Å². The summed E-state index contributed by atoms with van der Waals surface area (Å²) >= 11 is 0. The van der Waals surface area contributed by atoms with Crippen molar-refractivity contribution < 1.29 is 24.6 Å². The molecular weight excluding hydrogens is 294 g/mol. The number of nitrogens with two attached hydrogens (primary N) is 1. The Labute approximate surface area is 126 Å². The Morgan fingerprint density at radius 1 is 1.36 bits per heavy atom. The van der Waals surface area contributed by atoms with Crippen LogP contribution in [0, 0.1) is 0 Å². The highest BCUT2D eigenvalue weighted by Crippen LogP contribution is 2.00. The van der Waals surface area contributed by atoms with Gasteiger partial charge in [0, 0.05) is 18.3 Å². The summed E-state index contributed by atoms with van der Waals surface area (Å²) in [6, 6.07) is -3.33. The van der Waals surface area contributed by atoms with E-state index in [1.165, 1.54) is 19.4 Å². The molecule has 0 aliphatic rings. The largest absolute Gasteiger partial charge is 0.480 e. The van der Waals surface area contributed by atoms with Gasteiger partial charge in [0.05, 0.1) is 12.9 Å². The molecule has 0 aliphatic heterocycles. The van der Waals surface area contributed by atoms with Crippen molar-refractivity contribution in [2.75, 3.05) is 6.61 Å². The molecule has 0 saturated heterocycles. The summed E-state index contributed by atoms with van der Waals surface area (Å²) < 4.78 is 0. The molecule has 3 atom stereocenters. The number of carbonyl (C=O) groups excluding carboxylic acids is 2. The van der Waals surface area contributed by atoms with Crippen LogP contribution in [0.15, 0.2) is 12.5 Å². The third kappa shape index (κ3) is 5.14. The van der Waals surface area contributed by atoms with E-state index < -0.39 is 42.5 Å². The Morgan fingerprint density at radius 2 is 2.05 bits per heavy atom. The van der Waals surface area contributed by atoms with Crippen LogP contribution in [0.3, 0.4) is 0 Å². The molecule has 0 aliphatic carbocycles. The van der Waals surface area contributed by atoms with Gasteiger partial charge < -0.3 is 31.6 Å². The van der Waals surface area contributed by atoms with Crippen LogP contribution in [-0.4, -0.2) is 62.7 Å². The molecule has 10 nitrogen and oxygen atoms in total. The van der Waals surface area contributed by atoms with Gasteiger partial charge in [-0.15, -0.1) is 0 Å². The van der Waals surface area contributed by atoms with Crippen LogP contribution in [0.5, 0.6) is 0 Å². The molecule has 10 heteroatoms. The van der Waals surface area contributed by atoms with Gasteiger partial charge in [-0.25, -0.2) is 4.98 Å². The lowest BCUT2D eigenvalue weighted by Gasteiger charge is -2.20. The second-order valence-electron chi connectivity index (χ2n) is 4.70. The predicted octanol–water partition coefficient (Wildman–Crippen LogP) is -2.65. The number of carbonyl (C=O) groups is 3. The van der Waals surface area contributed by atoms with Crippen molar-refractivity contribution >= 4 is 17.8 Å². The van der Waals surface area contributed by atoms with Crippen molar-refractivity contribution in [2.45, 2.75) is 31.5 Å². The fourth-order valence-electron chi connectivity index (χ4n) is 1.56. The number of aliphatic carboxylic acids is 1. The van der Waals surface area contributed by atoms with E-state index in [1.54, 1.807) is 0 Å². The molecule has 0 radical (unpaired) electrons. The zero-order chi connectivity index (χ0) is 16.7. The molecule has 3 unspecified atom stereocenters. The van der Waals surface area contributed by atoms with Gasteiger partial charge in [-0.1, -0.05) is 0 Å². The van der Waals surface area contributed by atoms with Crippen molar-refractivity contribution in [1.82, 2.24) is 20.6 Å². The molecule has 7 N–H and O–H groups in total. The monoisotopic (exact) mass is 313 g/mol. The van der Waals surface area contributed by atoms with Crippen molar-refractivity contribution in [2.24, 2.45) is 5.73 Å². The number of aliphatic hydroxyl groups is 1. The first-order valence-electron chi connectivity index (χ1n) is 6.52. The first-order chi connectivity index (χ1) is 10.3. The Morgan fingerprint density at radius 3 is 2.55 bits per heavy atom. The Kier molecular flexibility index (Phi) is 6.47. The number of aliphatic hydroxyl groups excluding tert-OH is 1. The highest BCUT2D eigenvalue weighted by Gasteiger charge is 2.26. The van der Waals surface area contributed by atoms with Gasteiger partial charge in [-0.3, -0.25) is 14.4 Å². The standard InChI is InChI=1S/C12H19N5O5/c1-6(12(21)22)16-11(20)9(2-7-3-14-5-15-7)17-10(19)8(13)4-18/h3,5-6,8-9,18H,2,4,13H2,1H3,(H,14,15)(H,16,20)(H,17,19)(H,21,22). The second kappa shape index (κ2) is 8.10. The number of nitrogens with one attached hydrogen (secondary N) is 3. The fourth-order valence-corrected chi connectivity index (χ4v) is 1.56. The number of aromatic amines is 1. The molecule has 1 rings (SSSR count). The van der Waals surface area contributed by atoms with Crippen LogP contribution >= 0.6 is 0 Å². The highest BCUT2D eigenvalue weighted by molar-refractivity contribution is 5.91. The van der Waals surface area contributed by atoms with Crippen LogP contribution in [0.25, 0.3) is 0 Å². The number of carboxylic acids is 1. The van der Waals surface area contributed by atoms with E-state index in [1.807, 2.05) is 0 Å². The fraction of sp³-hybridized carbons (Fsp3) is 0.500. The summed E-state index contributed by atoms with van der Waals surface area (Å²) in [7, 11) is 0. The lowest BCUT2D eigenvalue weighted by Crippen LogP contribution is -2.55. The Hall–Kier alpha value is -2.46. The maximum absolute atomic E-state index is 12.1. The minimum atomic E-state index is -1.20. The number of aromatic nitrogens is 2. The van der Waals surface area contributed by atoms with E-state index in [0.29, 0.717) is 5.69 Å². The third-order valence-electron chi connectivity index (χ3n) is 2.87. The lowest BCUT2D eigenvalue weighted by atomic mass is 10.1. The number of amides is 2. The van der Waals surface area contributed by atoms with Crippen LogP contribution in [-0.2, 0) is 20.8 Å². The number of nitrogens with zero attached hydrogens (tertiary/aromatic N) is 1. The van der Waals surface area contributed by atoms with Crippen molar-refractivity contribution in [3.05, 3.63) is 18.2 Å². The van der Waals surface area contributed by atoms with Gasteiger partial charge in [-0.05, 0) is 6.92 Å². The number of hydrogen-bond acceptors (Lipinski definition) is 6. The predicted molar refractivity (Wildman–Crippen MR) is 74.5 cm³/mol. The summed E-state index contributed by atoms with van der Waals surface area (Å²) in [5, 5.41) is 22.3.